The Hall–Kier alpha value is -2.31. The molecule has 0 aromatic heterocycles. The number of nitrogens with two attached hydrogens (primary N) is 1. The molecular formula is C17H18N2O. The van der Waals surface area contributed by atoms with Gasteiger partial charge in [0, 0.05) is 6.04 Å². The first kappa shape index (κ1) is 14.1. The number of hydrogen-bond donors (Lipinski definition) is 1. The summed E-state index contributed by atoms with van der Waals surface area (Å²) in [6.45, 7) is 3.96. The highest BCUT2D eigenvalue weighted by Crippen LogP contribution is 2.26. The third-order valence-electron chi connectivity index (χ3n) is 3.20. The van der Waals surface area contributed by atoms with E-state index in [2.05, 4.69) is 6.07 Å². The van der Waals surface area contributed by atoms with Crippen molar-refractivity contribution < 1.29 is 4.74 Å². The minimum absolute atomic E-state index is 0.151. The highest BCUT2D eigenvalue weighted by molar-refractivity contribution is 5.37. The van der Waals surface area contributed by atoms with Crippen molar-refractivity contribution >= 4 is 0 Å². The molecule has 3 heteroatoms. The molecule has 2 atom stereocenters. The molecule has 0 spiro atoms. The molecule has 2 aromatic carbocycles. The largest absolute Gasteiger partial charge is 0.484 e. The SMILES string of the molecule is Cc1ccccc1C(Oc1cccc(C#N)c1)C(C)N. The molecule has 0 heterocycles. The third kappa shape index (κ3) is 3.17. The fraction of sp³-hybridized carbons (Fsp3) is 0.235. The lowest BCUT2D eigenvalue weighted by Gasteiger charge is -2.24. The molecule has 2 aromatic rings. The molecule has 2 unspecified atom stereocenters. The summed E-state index contributed by atoms with van der Waals surface area (Å²) in [6, 6.07) is 17.1. The fourth-order valence-corrected chi connectivity index (χ4v) is 2.15. The summed E-state index contributed by atoms with van der Waals surface area (Å²) in [6.07, 6.45) is -0.231. The van der Waals surface area contributed by atoms with Gasteiger partial charge in [-0.3, -0.25) is 0 Å². The van der Waals surface area contributed by atoms with Crippen LogP contribution in [0.1, 0.15) is 29.7 Å². The number of ether oxygens (including phenoxy) is 1. The summed E-state index contributed by atoms with van der Waals surface area (Å²) in [5, 5.41) is 8.94. The highest BCUT2D eigenvalue weighted by Gasteiger charge is 2.20. The fourth-order valence-electron chi connectivity index (χ4n) is 2.15. The zero-order valence-electron chi connectivity index (χ0n) is 11.7. The molecule has 0 aliphatic heterocycles. The maximum absolute atomic E-state index is 8.94. The first-order valence-corrected chi connectivity index (χ1v) is 6.59. The van der Waals surface area contributed by atoms with Crippen LogP contribution in [-0.2, 0) is 0 Å². The van der Waals surface area contributed by atoms with Crippen LogP contribution in [-0.4, -0.2) is 6.04 Å². The first-order valence-electron chi connectivity index (χ1n) is 6.59. The van der Waals surface area contributed by atoms with Gasteiger partial charge in [-0.1, -0.05) is 30.3 Å². The van der Waals surface area contributed by atoms with Crippen LogP contribution in [0.25, 0.3) is 0 Å². The number of hydrogen-bond acceptors (Lipinski definition) is 3. The first-order chi connectivity index (χ1) is 9.61. The normalized spacial score (nSPS) is 13.3. The van der Waals surface area contributed by atoms with Crippen molar-refractivity contribution in [1.82, 2.24) is 0 Å². The van der Waals surface area contributed by atoms with Crippen LogP contribution in [0.15, 0.2) is 48.5 Å². The third-order valence-corrected chi connectivity index (χ3v) is 3.20. The quantitative estimate of drug-likeness (QED) is 0.923. The van der Waals surface area contributed by atoms with Gasteiger partial charge in [0.1, 0.15) is 11.9 Å². The predicted octanol–water partition coefficient (Wildman–Crippen LogP) is 3.33. The Bertz CT molecular complexity index is 629. The van der Waals surface area contributed by atoms with Crippen LogP contribution >= 0.6 is 0 Å². The number of nitriles is 1. The van der Waals surface area contributed by atoms with Crippen LogP contribution in [0.2, 0.25) is 0 Å². The van der Waals surface area contributed by atoms with E-state index in [1.54, 1.807) is 12.1 Å². The maximum Gasteiger partial charge on any atom is 0.139 e. The Morgan fingerprint density at radius 1 is 1.15 bits per heavy atom. The van der Waals surface area contributed by atoms with Crippen molar-refractivity contribution in [3.8, 4) is 11.8 Å². The van der Waals surface area contributed by atoms with Gasteiger partial charge in [-0.15, -0.1) is 0 Å². The number of aryl methyl sites for hydroxylation is 1. The van der Waals surface area contributed by atoms with E-state index in [1.165, 1.54) is 0 Å². The van der Waals surface area contributed by atoms with Gasteiger partial charge in [0.15, 0.2) is 0 Å². The van der Waals surface area contributed by atoms with Crippen LogP contribution in [0, 0.1) is 18.3 Å². The number of nitrogens with zero attached hydrogens (tertiary/aromatic N) is 1. The monoisotopic (exact) mass is 266 g/mol. The van der Waals surface area contributed by atoms with Gasteiger partial charge in [0.2, 0.25) is 0 Å². The standard InChI is InChI=1S/C17H18N2O/c1-12-6-3-4-9-16(12)17(13(2)19)20-15-8-5-7-14(10-15)11-18/h3-10,13,17H,19H2,1-2H3. The smallest absolute Gasteiger partial charge is 0.139 e. The summed E-state index contributed by atoms with van der Waals surface area (Å²) in [5.41, 5.74) is 8.86. The van der Waals surface area contributed by atoms with E-state index in [0.29, 0.717) is 11.3 Å². The van der Waals surface area contributed by atoms with E-state index in [9.17, 15) is 0 Å². The summed E-state index contributed by atoms with van der Waals surface area (Å²) in [7, 11) is 0. The van der Waals surface area contributed by atoms with E-state index in [0.717, 1.165) is 11.1 Å². The van der Waals surface area contributed by atoms with E-state index >= 15 is 0 Å². The zero-order chi connectivity index (χ0) is 14.5. The van der Waals surface area contributed by atoms with Crippen LogP contribution in [0.5, 0.6) is 5.75 Å². The van der Waals surface area contributed by atoms with Gasteiger partial charge < -0.3 is 10.5 Å². The molecule has 102 valence electrons. The average molecular weight is 266 g/mol. The predicted molar refractivity (Wildman–Crippen MR) is 79.4 cm³/mol. The van der Waals surface area contributed by atoms with Crippen LogP contribution in [0.3, 0.4) is 0 Å². The minimum Gasteiger partial charge on any atom is -0.484 e. The van der Waals surface area contributed by atoms with E-state index in [4.69, 9.17) is 15.7 Å². The van der Waals surface area contributed by atoms with Crippen LogP contribution < -0.4 is 10.5 Å². The topological polar surface area (TPSA) is 59.0 Å². The molecule has 0 radical (unpaired) electrons. The van der Waals surface area contributed by atoms with Crippen molar-refractivity contribution in [3.63, 3.8) is 0 Å². The minimum atomic E-state index is -0.231. The molecule has 0 bridgehead atoms. The molecule has 2 rings (SSSR count). The molecule has 0 saturated heterocycles. The Labute approximate surface area is 119 Å². The van der Waals surface area contributed by atoms with Crippen molar-refractivity contribution in [2.24, 2.45) is 5.73 Å². The Morgan fingerprint density at radius 2 is 1.90 bits per heavy atom. The van der Waals surface area contributed by atoms with Crippen molar-refractivity contribution in [1.29, 1.82) is 5.26 Å². The maximum atomic E-state index is 8.94. The molecule has 2 N–H and O–H groups in total. The van der Waals surface area contributed by atoms with Gasteiger partial charge in [-0.2, -0.15) is 5.26 Å². The molecule has 0 aliphatic carbocycles. The van der Waals surface area contributed by atoms with E-state index < -0.39 is 0 Å². The van der Waals surface area contributed by atoms with Gasteiger partial charge >= 0.3 is 0 Å². The summed E-state index contributed by atoms with van der Waals surface area (Å²) < 4.78 is 6.01. The van der Waals surface area contributed by atoms with E-state index in [-0.39, 0.29) is 12.1 Å². The Morgan fingerprint density at radius 3 is 2.55 bits per heavy atom. The van der Waals surface area contributed by atoms with E-state index in [1.807, 2.05) is 50.2 Å². The lowest BCUT2D eigenvalue weighted by atomic mass is 9.99. The van der Waals surface area contributed by atoms with Gasteiger partial charge in [0.05, 0.1) is 11.6 Å². The van der Waals surface area contributed by atoms with Crippen molar-refractivity contribution in [2.75, 3.05) is 0 Å². The van der Waals surface area contributed by atoms with Crippen molar-refractivity contribution in [2.45, 2.75) is 26.0 Å². The molecule has 3 nitrogen and oxygen atoms in total. The second-order valence-electron chi connectivity index (χ2n) is 4.89. The Kier molecular flexibility index (Phi) is 4.39. The lowest BCUT2D eigenvalue weighted by Crippen LogP contribution is -2.29. The molecular weight excluding hydrogens is 248 g/mol. The van der Waals surface area contributed by atoms with Gasteiger partial charge in [-0.25, -0.2) is 0 Å². The lowest BCUT2D eigenvalue weighted by molar-refractivity contribution is 0.179. The van der Waals surface area contributed by atoms with Crippen molar-refractivity contribution in [3.05, 3.63) is 65.2 Å². The molecule has 0 fully saturated rings. The van der Waals surface area contributed by atoms with Gasteiger partial charge in [0.25, 0.3) is 0 Å². The average Bonchev–Trinajstić information content (AvgIpc) is 2.45. The zero-order valence-corrected chi connectivity index (χ0v) is 11.7. The van der Waals surface area contributed by atoms with Crippen LogP contribution in [0.4, 0.5) is 0 Å². The molecule has 0 aliphatic rings. The highest BCUT2D eigenvalue weighted by atomic mass is 16.5. The van der Waals surface area contributed by atoms with Gasteiger partial charge in [-0.05, 0) is 43.2 Å². The summed E-state index contributed by atoms with van der Waals surface area (Å²) >= 11 is 0. The second kappa shape index (κ2) is 6.23. The molecule has 0 amide bonds. The second-order valence-corrected chi connectivity index (χ2v) is 4.89. The Balaban J connectivity index is 2.31. The summed E-state index contributed by atoms with van der Waals surface area (Å²) in [4.78, 5) is 0. The molecule has 0 saturated carbocycles. The summed E-state index contributed by atoms with van der Waals surface area (Å²) in [5.74, 6) is 0.662. The number of rotatable bonds is 4. The number of benzene rings is 2. The molecule has 20 heavy (non-hydrogen) atoms.